The molecule has 4 nitrogen and oxygen atoms in total. The molecule has 0 aliphatic heterocycles. The van der Waals surface area contributed by atoms with Gasteiger partial charge in [0.05, 0.1) is 18.2 Å². The molecule has 3 rings (SSSR count). The predicted octanol–water partition coefficient (Wildman–Crippen LogP) is 2.38. The summed E-state index contributed by atoms with van der Waals surface area (Å²) >= 11 is 1.41. The standard InChI is InChI=1S/C13H14N2O2S/c1-17-8-3-2-4-9-10(8)11(14)12(18-9)13(16)15-7-5-6-7/h2-4,7H,5-6,14H2,1H3,(H,15,16). The van der Waals surface area contributed by atoms with Crippen LogP contribution in [0.1, 0.15) is 22.5 Å². The van der Waals surface area contributed by atoms with E-state index in [9.17, 15) is 4.79 Å². The van der Waals surface area contributed by atoms with Gasteiger partial charge in [-0.05, 0) is 25.0 Å². The maximum absolute atomic E-state index is 12.1. The first kappa shape index (κ1) is 11.3. The number of nitrogens with two attached hydrogens (primary N) is 1. The number of nitrogens with one attached hydrogen (secondary N) is 1. The smallest absolute Gasteiger partial charge is 0.263 e. The van der Waals surface area contributed by atoms with Crippen molar-refractivity contribution in [1.82, 2.24) is 5.32 Å². The molecule has 0 bridgehead atoms. The summed E-state index contributed by atoms with van der Waals surface area (Å²) in [6.07, 6.45) is 2.14. The summed E-state index contributed by atoms with van der Waals surface area (Å²) in [5.41, 5.74) is 6.60. The number of carbonyl (C=O) groups excluding carboxylic acids is 1. The number of ether oxygens (including phenoxy) is 1. The molecule has 94 valence electrons. The lowest BCUT2D eigenvalue weighted by Gasteiger charge is -2.03. The van der Waals surface area contributed by atoms with E-state index in [1.807, 2.05) is 18.2 Å². The van der Waals surface area contributed by atoms with Gasteiger partial charge in [0.25, 0.3) is 5.91 Å². The van der Waals surface area contributed by atoms with E-state index in [0.29, 0.717) is 22.4 Å². The highest BCUT2D eigenvalue weighted by Gasteiger charge is 2.26. The second-order valence-electron chi connectivity index (χ2n) is 4.43. The van der Waals surface area contributed by atoms with Gasteiger partial charge in [0, 0.05) is 10.7 Å². The van der Waals surface area contributed by atoms with Crippen molar-refractivity contribution in [2.75, 3.05) is 12.8 Å². The topological polar surface area (TPSA) is 64.3 Å². The molecule has 1 aromatic heterocycles. The summed E-state index contributed by atoms with van der Waals surface area (Å²) in [4.78, 5) is 12.6. The minimum absolute atomic E-state index is 0.0711. The van der Waals surface area contributed by atoms with Crippen LogP contribution in [0.25, 0.3) is 10.1 Å². The lowest BCUT2D eigenvalue weighted by Crippen LogP contribution is -2.25. The monoisotopic (exact) mass is 262 g/mol. The van der Waals surface area contributed by atoms with E-state index in [4.69, 9.17) is 10.5 Å². The van der Waals surface area contributed by atoms with Gasteiger partial charge in [-0.1, -0.05) is 6.07 Å². The van der Waals surface area contributed by atoms with Crippen molar-refractivity contribution in [2.24, 2.45) is 0 Å². The van der Waals surface area contributed by atoms with Crippen molar-refractivity contribution in [3.8, 4) is 5.75 Å². The molecule has 18 heavy (non-hydrogen) atoms. The van der Waals surface area contributed by atoms with Crippen LogP contribution in [-0.2, 0) is 0 Å². The van der Waals surface area contributed by atoms with Crippen LogP contribution < -0.4 is 15.8 Å². The van der Waals surface area contributed by atoms with E-state index in [-0.39, 0.29) is 5.91 Å². The fraction of sp³-hybridized carbons (Fsp3) is 0.308. The number of fused-ring (bicyclic) bond motifs is 1. The number of thiophene rings is 1. The second kappa shape index (κ2) is 4.17. The third kappa shape index (κ3) is 1.80. The number of hydrogen-bond donors (Lipinski definition) is 2. The van der Waals surface area contributed by atoms with Crippen molar-refractivity contribution in [3.05, 3.63) is 23.1 Å². The Labute approximate surface area is 109 Å². The van der Waals surface area contributed by atoms with Gasteiger partial charge >= 0.3 is 0 Å². The van der Waals surface area contributed by atoms with Crippen molar-refractivity contribution in [3.63, 3.8) is 0 Å². The van der Waals surface area contributed by atoms with Gasteiger partial charge in [0.1, 0.15) is 10.6 Å². The summed E-state index contributed by atoms with van der Waals surface area (Å²) in [5, 5.41) is 3.80. The molecule has 1 aromatic carbocycles. The normalized spacial score (nSPS) is 14.7. The Morgan fingerprint density at radius 3 is 2.94 bits per heavy atom. The van der Waals surface area contributed by atoms with Crippen LogP contribution in [0.4, 0.5) is 5.69 Å². The molecule has 1 aliphatic carbocycles. The molecule has 1 saturated carbocycles. The summed E-state index contributed by atoms with van der Waals surface area (Å²) < 4.78 is 6.27. The van der Waals surface area contributed by atoms with Crippen molar-refractivity contribution >= 4 is 33.0 Å². The number of methoxy groups -OCH3 is 1. The first-order valence-electron chi connectivity index (χ1n) is 5.86. The minimum Gasteiger partial charge on any atom is -0.496 e. The molecule has 3 N–H and O–H groups in total. The maximum Gasteiger partial charge on any atom is 0.263 e. The Kier molecular flexibility index (Phi) is 2.63. The molecule has 0 unspecified atom stereocenters. The maximum atomic E-state index is 12.1. The van der Waals surface area contributed by atoms with Gasteiger partial charge in [0.15, 0.2) is 0 Å². The second-order valence-corrected chi connectivity index (χ2v) is 5.48. The summed E-state index contributed by atoms with van der Waals surface area (Å²) in [7, 11) is 1.61. The number of nitrogen functional groups attached to an aromatic ring is 1. The van der Waals surface area contributed by atoms with Crippen LogP contribution in [0.15, 0.2) is 18.2 Å². The average molecular weight is 262 g/mol. The molecule has 1 aliphatic rings. The Hall–Kier alpha value is -1.75. The zero-order valence-corrected chi connectivity index (χ0v) is 10.8. The molecular weight excluding hydrogens is 248 g/mol. The molecular formula is C13H14N2O2S. The lowest BCUT2D eigenvalue weighted by molar-refractivity contribution is 0.0956. The molecule has 1 heterocycles. The lowest BCUT2D eigenvalue weighted by atomic mass is 10.2. The van der Waals surface area contributed by atoms with Gasteiger partial charge in [-0.2, -0.15) is 0 Å². The molecule has 2 aromatic rings. The van der Waals surface area contributed by atoms with Crippen molar-refractivity contribution in [2.45, 2.75) is 18.9 Å². The molecule has 0 spiro atoms. The van der Waals surface area contributed by atoms with Gasteiger partial charge in [-0.25, -0.2) is 0 Å². The number of anilines is 1. The van der Waals surface area contributed by atoms with Crippen LogP contribution in [-0.4, -0.2) is 19.1 Å². The largest absolute Gasteiger partial charge is 0.496 e. The van der Waals surface area contributed by atoms with Gasteiger partial charge in [-0.15, -0.1) is 11.3 Å². The Bertz CT molecular complexity index is 617. The van der Waals surface area contributed by atoms with Gasteiger partial charge in [0.2, 0.25) is 0 Å². The van der Waals surface area contributed by atoms with E-state index < -0.39 is 0 Å². The van der Waals surface area contributed by atoms with E-state index in [2.05, 4.69) is 5.32 Å². The van der Waals surface area contributed by atoms with Crippen LogP contribution >= 0.6 is 11.3 Å². The third-order valence-electron chi connectivity index (χ3n) is 3.05. The molecule has 5 heteroatoms. The SMILES string of the molecule is COc1cccc2sc(C(=O)NC3CC3)c(N)c12. The summed E-state index contributed by atoms with van der Waals surface area (Å²) in [6.45, 7) is 0. The quantitative estimate of drug-likeness (QED) is 0.892. The van der Waals surface area contributed by atoms with Crippen LogP contribution in [0.2, 0.25) is 0 Å². The van der Waals surface area contributed by atoms with E-state index in [1.54, 1.807) is 7.11 Å². The van der Waals surface area contributed by atoms with Crippen molar-refractivity contribution < 1.29 is 9.53 Å². The first-order chi connectivity index (χ1) is 8.70. The number of amides is 1. The highest BCUT2D eigenvalue weighted by atomic mass is 32.1. The summed E-state index contributed by atoms with van der Waals surface area (Å²) in [5.74, 6) is 0.643. The van der Waals surface area contributed by atoms with Gasteiger partial charge in [-0.3, -0.25) is 4.79 Å². The Balaban J connectivity index is 2.07. The zero-order valence-electron chi connectivity index (χ0n) is 10.0. The Morgan fingerprint density at radius 1 is 1.50 bits per heavy atom. The highest BCUT2D eigenvalue weighted by Crippen LogP contribution is 2.39. The molecule has 1 amide bonds. The number of benzene rings is 1. The van der Waals surface area contributed by atoms with Crippen LogP contribution in [0.3, 0.4) is 0 Å². The van der Waals surface area contributed by atoms with E-state index >= 15 is 0 Å². The fourth-order valence-corrected chi connectivity index (χ4v) is 3.00. The predicted molar refractivity (Wildman–Crippen MR) is 73.3 cm³/mol. The van der Waals surface area contributed by atoms with Crippen molar-refractivity contribution in [1.29, 1.82) is 0 Å². The average Bonchev–Trinajstić information content (AvgIpc) is 3.12. The van der Waals surface area contributed by atoms with Crippen LogP contribution in [0.5, 0.6) is 5.75 Å². The summed E-state index contributed by atoms with van der Waals surface area (Å²) in [6, 6.07) is 6.05. The van der Waals surface area contributed by atoms with Crippen LogP contribution in [0, 0.1) is 0 Å². The minimum atomic E-state index is -0.0711. The third-order valence-corrected chi connectivity index (χ3v) is 4.22. The molecule has 0 saturated heterocycles. The number of hydrogen-bond acceptors (Lipinski definition) is 4. The number of rotatable bonds is 3. The van der Waals surface area contributed by atoms with E-state index in [1.165, 1.54) is 11.3 Å². The molecule has 0 atom stereocenters. The Morgan fingerprint density at radius 2 is 2.28 bits per heavy atom. The number of carbonyl (C=O) groups is 1. The fourth-order valence-electron chi connectivity index (χ4n) is 1.96. The van der Waals surface area contributed by atoms with Gasteiger partial charge < -0.3 is 15.8 Å². The molecule has 0 radical (unpaired) electrons. The zero-order chi connectivity index (χ0) is 12.7. The highest BCUT2D eigenvalue weighted by molar-refractivity contribution is 7.21. The molecule has 1 fully saturated rings. The van der Waals surface area contributed by atoms with E-state index in [0.717, 1.165) is 22.9 Å². The first-order valence-corrected chi connectivity index (χ1v) is 6.68.